The number of carbonyl (C=O) groups is 1. The van der Waals surface area contributed by atoms with Gasteiger partial charge in [0, 0.05) is 18.7 Å². The molecule has 0 unspecified atom stereocenters. The van der Waals surface area contributed by atoms with Gasteiger partial charge >= 0.3 is 0 Å². The van der Waals surface area contributed by atoms with Crippen LogP contribution < -0.4 is 17.3 Å². The molecule has 0 radical (unpaired) electrons. The molecule has 0 aromatic heterocycles. The Hall–Kier alpha value is -2.19. The summed E-state index contributed by atoms with van der Waals surface area (Å²) in [6.07, 6.45) is 0.565. The van der Waals surface area contributed by atoms with Gasteiger partial charge in [-0.1, -0.05) is 0 Å². The van der Waals surface area contributed by atoms with Gasteiger partial charge in [-0.25, -0.2) is 5.84 Å². The standard InChI is InChI=1S/C10H15N5O3/c11-4-1-5-14(13)10(16)8-3-2-7(15(17)18)6-9(8)12/h2-3,6H,1,4-5,11-13H2. The lowest BCUT2D eigenvalue weighted by Crippen LogP contribution is -2.39. The summed E-state index contributed by atoms with van der Waals surface area (Å²) in [6.45, 7) is 0.711. The average Bonchev–Trinajstić information content (AvgIpc) is 2.34. The third-order valence-corrected chi connectivity index (χ3v) is 2.34. The smallest absolute Gasteiger partial charge is 0.271 e. The molecule has 0 saturated heterocycles. The lowest BCUT2D eigenvalue weighted by atomic mass is 10.1. The third-order valence-electron chi connectivity index (χ3n) is 2.34. The van der Waals surface area contributed by atoms with Crippen molar-refractivity contribution >= 4 is 17.3 Å². The Kier molecular flexibility index (Phi) is 4.58. The van der Waals surface area contributed by atoms with E-state index in [1.807, 2.05) is 0 Å². The van der Waals surface area contributed by atoms with Crippen molar-refractivity contribution in [1.29, 1.82) is 0 Å². The van der Waals surface area contributed by atoms with Crippen molar-refractivity contribution in [2.24, 2.45) is 11.6 Å². The van der Waals surface area contributed by atoms with E-state index >= 15 is 0 Å². The number of hydrogen-bond acceptors (Lipinski definition) is 6. The Balaban J connectivity index is 2.89. The van der Waals surface area contributed by atoms with Gasteiger partial charge in [-0.05, 0) is 19.0 Å². The third kappa shape index (κ3) is 3.15. The highest BCUT2D eigenvalue weighted by Gasteiger charge is 2.17. The molecule has 0 spiro atoms. The van der Waals surface area contributed by atoms with Crippen molar-refractivity contribution in [3.8, 4) is 0 Å². The molecule has 0 aliphatic heterocycles. The number of anilines is 1. The summed E-state index contributed by atoms with van der Waals surface area (Å²) < 4.78 is 0. The van der Waals surface area contributed by atoms with Crippen LogP contribution in [-0.4, -0.2) is 28.9 Å². The van der Waals surface area contributed by atoms with E-state index in [1.54, 1.807) is 0 Å². The summed E-state index contributed by atoms with van der Waals surface area (Å²) in [5, 5.41) is 11.5. The number of hydrazine groups is 1. The molecule has 8 nitrogen and oxygen atoms in total. The minimum atomic E-state index is -0.584. The first-order valence-corrected chi connectivity index (χ1v) is 5.28. The Morgan fingerprint density at radius 2 is 2.11 bits per heavy atom. The second-order valence-electron chi connectivity index (χ2n) is 3.67. The number of nitrogens with zero attached hydrogens (tertiary/aromatic N) is 2. The van der Waals surface area contributed by atoms with Crippen LogP contribution in [0.5, 0.6) is 0 Å². The van der Waals surface area contributed by atoms with Crippen LogP contribution in [-0.2, 0) is 0 Å². The van der Waals surface area contributed by atoms with Crippen LogP contribution in [0, 0.1) is 10.1 Å². The quantitative estimate of drug-likeness (QED) is 0.219. The zero-order valence-corrected chi connectivity index (χ0v) is 9.70. The first-order valence-electron chi connectivity index (χ1n) is 5.28. The largest absolute Gasteiger partial charge is 0.398 e. The molecule has 0 bridgehead atoms. The zero-order chi connectivity index (χ0) is 13.7. The van der Waals surface area contributed by atoms with Gasteiger partial charge in [0.2, 0.25) is 0 Å². The molecule has 0 atom stereocenters. The SMILES string of the molecule is NCCCN(N)C(=O)c1ccc([N+](=O)[O-])cc1N. The monoisotopic (exact) mass is 253 g/mol. The van der Waals surface area contributed by atoms with Crippen molar-refractivity contribution in [3.63, 3.8) is 0 Å². The summed E-state index contributed by atoms with van der Waals surface area (Å²) in [5.74, 6) is 5.05. The van der Waals surface area contributed by atoms with Crippen LogP contribution in [0.15, 0.2) is 18.2 Å². The zero-order valence-electron chi connectivity index (χ0n) is 9.70. The first kappa shape index (κ1) is 13.9. The minimum absolute atomic E-state index is 0.0254. The van der Waals surface area contributed by atoms with E-state index in [2.05, 4.69) is 0 Å². The highest BCUT2D eigenvalue weighted by atomic mass is 16.6. The van der Waals surface area contributed by atoms with E-state index in [-0.39, 0.29) is 16.9 Å². The Labute approximate surface area is 103 Å². The number of non-ortho nitro benzene ring substituents is 1. The molecule has 0 aliphatic carbocycles. The van der Waals surface area contributed by atoms with Crippen LogP contribution in [0.2, 0.25) is 0 Å². The highest BCUT2D eigenvalue weighted by Crippen LogP contribution is 2.20. The molecule has 98 valence electrons. The number of nitro benzene ring substituents is 1. The fourth-order valence-electron chi connectivity index (χ4n) is 1.38. The minimum Gasteiger partial charge on any atom is -0.398 e. The van der Waals surface area contributed by atoms with Gasteiger partial charge < -0.3 is 11.5 Å². The Bertz CT molecular complexity index is 463. The molecular formula is C10H15N5O3. The molecule has 1 rings (SSSR count). The number of rotatable bonds is 5. The van der Waals surface area contributed by atoms with E-state index in [1.165, 1.54) is 12.1 Å². The van der Waals surface area contributed by atoms with E-state index < -0.39 is 10.8 Å². The van der Waals surface area contributed by atoms with Gasteiger partial charge in [0.25, 0.3) is 11.6 Å². The first-order chi connectivity index (χ1) is 8.47. The maximum absolute atomic E-state index is 11.9. The second kappa shape index (κ2) is 5.94. The molecule has 6 N–H and O–H groups in total. The summed E-state index contributed by atoms with van der Waals surface area (Å²) in [6, 6.07) is 3.63. The number of hydrogen-bond donors (Lipinski definition) is 3. The van der Waals surface area contributed by atoms with Crippen LogP contribution >= 0.6 is 0 Å². The number of carbonyl (C=O) groups excluding carboxylic acids is 1. The molecule has 18 heavy (non-hydrogen) atoms. The van der Waals surface area contributed by atoms with Crippen LogP contribution in [0.4, 0.5) is 11.4 Å². The lowest BCUT2D eigenvalue weighted by molar-refractivity contribution is -0.384. The summed E-state index contributed by atoms with van der Waals surface area (Å²) in [7, 11) is 0. The Morgan fingerprint density at radius 1 is 1.44 bits per heavy atom. The van der Waals surface area contributed by atoms with Gasteiger partial charge in [0.05, 0.1) is 16.2 Å². The maximum Gasteiger partial charge on any atom is 0.271 e. The number of nitro groups is 1. The molecule has 0 saturated carbocycles. The van der Waals surface area contributed by atoms with Crippen molar-refractivity contribution in [2.75, 3.05) is 18.8 Å². The van der Waals surface area contributed by atoms with E-state index in [0.717, 1.165) is 11.1 Å². The number of benzene rings is 1. The van der Waals surface area contributed by atoms with Crippen LogP contribution in [0.3, 0.4) is 0 Å². The fraction of sp³-hybridized carbons (Fsp3) is 0.300. The van der Waals surface area contributed by atoms with Crippen molar-refractivity contribution in [2.45, 2.75) is 6.42 Å². The molecule has 0 heterocycles. The van der Waals surface area contributed by atoms with Crippen molar-refractivity contribution in [3.05, 3.63) is 33.9 Å². The normalized spacial score (nSPS) is 10.1. The summed E-state index contributed by atoms with van der Waals surface area (Å²) in [5.41, 5.74) is 10.9. The summed E-state index contributed by atoms with van der Waals surface area (Å²) in [4.78, 5) is 21.8. The predicted molar refractivity (Wildman–Crippen MR) is 66.4 cm³/mol. The van der Waals surface area contributed by atoms with Crippen LogP contribution in [0.1, 0.15) is 16.8 Å². The van der Waals surface area contributed by atoms with Gasteiger partial charge in [-0.15, -0.1) is 0 Å². The molecule has 0 fully saturated rings. The number of amides is 1. The predicted octanol–water partition coefficient (Wildman–Crippen LogP) is -0.158. The topological polar surface area (TPSA) is 142 Å². The molecular weight excluding hydrogens is 238 g/mol. The van der Waals surface area contributed by atoms with Gasteiger partial charge in [-0.2, -0.15) is 0 Å². The van der Waals surface area contributed by atoms with Crippen molar-refractivity contribution in [1.82, 2.24) is 5.01 Å². The highest BCUT2D eigenvalue weighted by molar-refractivity contribution is 5.99. The molecule has 8 heteroatoms. The number of nitrogen functional groups attached to an aromatic ring is 1. The van der Waals surface area contributed by atoms with Crippen LogP contribution in [0.25, 0.3) is 0 Å². The fourth-order valence-corrected chi connectivity index (χ4v) is 1.38. The summed E-state index contributed by atoms with van der Waals surface area (Å²) >= 11 is 0. The molecule has 1 amide bonds. The molecule has 1 aromatic rings. The van der Waals surface area contributed by atoms with E-state index in [9.17, 15) is 14.9 Å². The van der Waals surface area contributed by atoms with Gasteiger partial charge in [-0.3, -0.25) is 19.9 Å². The van der Waals surface area contributed by atoms with Crippen molar-refractivity contribution < 1.29 is 9.72 Å². The molecule has 0 aliphatic rings. The van der Waals surface area contributed by atoms with Gasteiger partial charge in [0.15, 0.2) is 0 Å². The second-order valence-corrected chi connectivity index (χ2v) is 3.67. The maximum atomic E-state index is 11.9. The Morgan fingerprint density at radius 3 is 2.61 bits per heavy atom. The number of nitrogens with two attached hydrogens (primary N) is 3. The van der Waals surface area contributed by atoms with Gasteiger partial charge in [0.1, 0.15) is 0 Å². The molecule has 1 aromatic carbocycles. The lowest BCUT2D eigenvalue weighted by Gasteiger charge is -2.16. The van der Waals surface area contributed by atoms with E-state index in [0.29, 0.717) is 19.5 Å². The average molecular weight is 253 g/mol. The van der Waals surface area contributed by atoms with E-state index in [4.69, 9.17) is 17.3 Å².